The molecule has 1 aromatic carbocycles. The molecule has 0 aromatic heterocycles. The second kappa shape index (κ2) is 5.80. The minimum Gasteiger partial charge on any atom is -0.298 e. The third-order valence-electron chi connectivity index (χ3n) is 2.66. The second-order valence-corrected chi connectivity index (χ2v) is 4.93. The first-order valence-corrected chi connectivity index (χ1v) is 5.77. The van der Waals surface area contributed by atoms with Gasteiger partial charge in [-0.25, -0.2) is 0 Å². The van der Waals surface area contributed by atoms with E-state index < -0.39 is 6.29 Å². The number of nitrogens with zero attached hydrogens (tertiary/aromatic N) is 1. The van der Waals surface area contributed by atoms with Gasteiger partial charge in [-0.15, -0.1) is 0 Å². The van der Waals surface area contributed by atoms with Crippen LogP contribution in [0.4, 0.5) is 0 Å². The van der Waals surface area contributed by atoms with Crippen LogP contribution in [0.25, 0.3) is 0 Å². The molecule has 0 aliphatic rings. The predicted octanol–water partition coefficient (Wildman–Crippen LogP) is 1.52. The Labute approximate surface area is 103 Å². The number of nitrogens with one attached hydrogen (secondary N) is 1. The summed E-state index contributed by atoms with van der Waals surface area (Å²) in [5, 5.41) is 4.15. The summed E-state index contributed by atoms with van der Waals surface area (Å²) < 4.78 is 0. The highest BCUT2D eigenvalue weighted by molar-refractivity contribution is 5.83. The average Bonchev–Trinajstić information content (AvgIpc) is 2.27. The molecule has 0 radical (unpaired) electrons. The van der Waals surface area contributed by atoms with E-state index >= 15 is 0 Å². The van der Waals surface area contributed by atoms with Crippen LogP contribution in [0.2, 0.25) is 0 Å². The van der Waals surface area contributed by atoms with Crippen LogP contribution in [0.1, 0.15) is 32.8 Å². The summed E-state index contributed by atoms with van der Waals surface area (Å²) >= 11 is 0. The molecule has 4 nitrogen and oxygen atoms in total. The lowest BCUT2D eigenvalue weighted by Crippen LogP contribution is -2.42. The van der Waals surface area contributed by atoms with Crippen molar-refractivity contribution in [2.75, 3.05) is 0 Å². The van der Waals surface area contributed by atoms with Gasteiger partial charge in [0.1, 0.15) is 6.29 Å². The Morgan fingerprint density at radius 3 is 2.41 bits per heavy atom. The smallest absolute Gasteiger partial charge is 0.142 e. The molecule has 0 fully saturated rings. The number of hydrazone groups is 1. The van der Waals surface area contributed by atoms with Gasteiger partial charge in [0.25, 0.3) is 0 Å². The molecule has 0 atom stereocenters. The zero-order chi connectivity index (χ0) is 12.9. The summed E-state index contributed by atoms with van der Waals surface area (Å²) in [4.78, 5) is 0. The van der Waals surface area contributed by atoms with Crippen LogP contribution in [0.15, 0.2) is 35.4 Å². The molecule has 0 saturated carbocycles. The van der Waals surface area contributed by atoms with E-state index in [1.54, 1.807) is 0 Å². The first-order valence-electron chi connectivity index (χ1n) is 5.77. The van der Waals surface area contributed by atoms with E-state index in [9.17, 15) is 0 Å². The monoisotopic (exact) mass is 234 g/mol. The first kappa shape index (κ1) is 13.7. The molecule has 1 aromatic rings. The molecule has 1 rings (SSSR count). The molecule has 17 heavy (non-hydrogen) atoms. The van der Waals surface area contributed by atoms with Gasteiger partial charge >= 0.3 is 0 Å². The molecule has 0 saturated heterocycles. The van der Waals surface area contributed by atoms with Crippen LogP contribution in [0, 0.1) is 0 Å². The van der Waals surface area contributed by atoms with Crippen molar-refractivity contribution in [3.05, 3.63) is 35.9 Å². The van der Waals surface area contributed by atoms with Gasteiger partial charge in [-0.1, -0.05) is 44.2 Å². The molecule has 0 bridgehead atoms. The molecule has 5 N–H and O–H groups in total. The standard InChI is InChI=1S/C13H22N4/c1-10(16-17-12(14)15)9-13(2,3)11-7-5-4-6-8-11/h4-8,12,17H,9,14-15H2,1-3H3/b16-10+. The average molecular weight is 234 g/mol. The van der Waals surface area contributed by atoms with Crippen molar-refractivity contribution >= 4 is 5.71 Å². The van der Waals surface area contributed by atoms with Crippen LogP contribution >= 0.6 is 0 Å². The highest BCUT2D eigenvalue weighted by Gasteiger charge is 2.21. The molecule has 94 valence electrons. The topological polar surface area (TPSA) is 76.4 Å². The van der Waals surface area contributed by atoms with E-state index in [0.29, 0.717) is 0 Å². The summed E-state index contributed by atoms with van der Waals surface area (Å²) in [5.74, 6) is 0. The quantitative estimate of drug-likeness (QED) is 0.411. The Morgan fingerprint density at radius 1 is 1.29 bits per heavy atom. The molecule has 0 amide bonds. The fraction of sp³-hybridized carbons (Fsp3) is 0.462. The maximum atomic E-state index is 5.38. The summed E-state index contributed by atoms with van der Waals surface area (Å²) in [6, 6.07) is 10.4. The largest absolute Gasteiger partial charge is 0.298 e. The van der Waals surface area contributed by atoms with Crippen molar-refractivity contribution in [1.82, 2.24) is 5.43 Å². The molecular formula is C13H22N4. The molecule has 0 aliphatic carbocycles. The van der Waals surface area contributed by atoms with Crippen LogP contribution in [-0.4, -0.2) is 12.0 Å². The normalized spacial score (nSPS) is 12.9. The van der Waals surface area contributed by atoms with Crippen molar-refractivity contribution in [2.24, 2.45) is 16.6 Å². The fourth-order valence-corrected chi connectivity index (χ4v) is 1.86. The number of hydrogen-bond donors (Lipinski definition) is 3. The van der Waals surface area contributed by atoms with Gasteiger partial charge < -0.3 is 0 Å². The first-order chi connectivity index (χ1) is 7.92. The van der Waals surface area contributed by atoms with Crippen LogP contribution in [0.5, 0.6) is 0 Å². The number of hydrogen-bond acceptors (Lipinski definition) is 4. The van der Waals surface area contributed by atoms with Crippen LogP contribution in [0.3, 0.4) is 0 Å². The van der Waals surface area contributed by atoms with Crippen LogP contribution in [-0.2, 0) is 5.41 Å². The maximum absolute atomic E-state index is 5.38. The van der Waals surface area contributed by atoms with Gasteiger partial charge in [0.15, 0.2) is 0 Å². The SMILES string of the molecule is C/C(CC(C)(C)c1ccccc1)=N\NC(N)N. The highest BCUT2D eigenvalue weighted by atomic mass is 15.4. The summed E-state index contributed by atoms with van der Waals surface area (Å²) in [6.45, 7) is 6.37. The van der Waals surface area contributed by atoms with Crippen molar-refractivity contribution < 1.29 is 0 Å². The Kier molecular flexibility index (Phi) is 4.66. The van der Waals surface area contributed by atoms with E-state index in [4.69, 9.17) is 11.5 Å². The van der Waals surface area contributed by atoms with Gasteiger partial charge in [-0.05, 0) is 24.3 Å². The van der Waals surface area contributed by atoms with E-state index in [2.05, 4.69) is 48.6 Å². The third-order valence-corrected chi connectivity index (χ3v) is 2.66. The Hall–Kier alpha value is -1.39. The highest BCUT2D eigenvalue weighted by Crippen LogP contribution is 2.26. The molecule has 0 spiro atoms. The number of benzene rings is 1. The van der Waals surface area contributed by atoms with Gasteiger partial charge in [0.2, 0.25) is 0 Å². The lowest BCUT2D eigenvalue weighted by atomic mass is 9.80. The maximum Gasteiger partial charge on any atom is 0.142 e. The Bertz CT molecular complexity index is 368. The minimum atomic E-state index is -0.607. The molecular weight excluding hydrogens is 212 g/mol. The third kappa shape index (κ3) is 4.54. The molecule has 4 heteroatoms. The van der Waals surface area contributed by atoms with E-state index in [1.807, 2.05) is 13.0 Å². The Balaban J connectivity index is 2.70. The minimum absolute atomic E-state index is 0.0508. The molecule has 0 aliphatic heterocycles. The van der Waals surface area contributed by atoms with E-state index in [1.165, 1.54) is 5.56 Å². The van der Waals surface area contributed by atoms with Crippen molar-refractivity contribution in [2.45, 2.75) is 38.9 Å². The number of nitrogens with two attached hydrogens (primary N) is 2. The lowest BCUT2D eigenvalue weighted by Gasteiger charge is -2.25. The van der Waals surface area contributed by atoms with Gasteiger partial charge in [0.05, 0.1) is 0 Å². The Morgan fingerprint density at radius 2 is 1.88 bits per heavy atom. The zero-order valence-electron chi connectivity index (χ0n) is 10.8. The lowest BCUT2D eigenvalue weighted by molar-refractivity contribution is 0.534. The van der Waals surface area contributed by atoms with Gasteiger partial charge in [0, 0.05) is 5.71 Å². The van der Waals surface area contributed by atoms with Crippen molar-refractivity contribution in [3.8, 4) is 0 Å². The van der Waals surface area contributed by atoms with Crippen molar-refractivity contribution in [3.63, 3.8) is 0 Å². The summed E-state index contributed by atoms with van der Waals surface area (Å²) in [5.41, 5.74) is 15.7. The summed E-state index contributed by atoms with van der Waals surface area (Å²) in [7, 11) is 0. The van der Waals surface area contributed by atoms with E-state index in [-0.39, 0.29) is 5.41 Å². The predicted molar refractivity (Wildman–Crippen MR) is 72.5 cm³/mol. The molecule has 0 heterocycles. The fourth-order valence-electron chi connectivity index (χ4n) is 1.86. The van der Waals surface area contributed by atoms with Crippen LogP contribution < -0.4 is 16.9 Å². The molecule has 0 unspecified atom stereocenters. The van der Waals surface area contributed by atoms with Crippen molar-refractivity contribution in [1.29, 1.82) is 0 Å². The van der Waals surface area contributed by atoms with Gasteiger partial charge in [-0.2, -0.15) is 5.10 Å². The van der Waals surface area contributed by atoms with E-state index in [0.717, 1.165) is 12.1 Å². The number of rotatable bonds is 5. The van der Waals surface area contributed by atoms with Gasteiger partial charge in [-0.3, -0.25) is 16.9 Å². The zero-order valence-corrected chi connectivity index (χ0v) is 10.8. The second-order valence-electron chi connectivity index (χ2n) is 4.93. The summed E-state index contributed by atoms with van der Waals surface area (Å²) in [6.07, 6.45) is 0.251.